The summed E-state index contributed by atoms with van der Waals surface area (Å²) in [6, 6.07) is 13.2. The van der Waals surface area contributed by atoms with Gasteiger partial charge in [-0.25, -0.2) is 4.68 Å². The maximum Gasteiger partial charge on any atom is 0.266 e. The topological polar surface area (TPSA) is 70.7 Å². The van der Waals surface area contributed by atoms with E-state index in [2.05, 4.69) is 10.4 Å². The summed E-state index contributed by atoms with van der Waals surface area (Å²) in [6.45, 7) is 5.87. The SMILES string of the molecule is Cc1cc(C)c(NC(=O)C(C#N)=Cc2cnn(-c3ccc(Cl)cc3)c2)c(C)c1. The molecule has 28 heavy (non-hydrogen) atoms. The third-order valence-corrected chi connectivity index (χ3v) is 4.54. The molecule has 0 unspecified atom stereocenters. The summed E-state index contributed by atoms with van der Waals surface area (Å²) in [7, 11) is 0. The number of anilines is 1. The number of rotatable bonds is 4. The number of aryl methyl sites for hydroxylation is 3. The van der Waals surface area contributed by atoms with E-state index in [0.29, 0.717) is 10.6 Å². The third kappa shape index (κ3) is 4.30. The molecule has 0 aliphatic heterocycles. The molecule has 140 valence electrons. The molecule has 5 nitrogen and oxygen atoms in total. The number of halogens is 1. The molecule has 0 saturated carbocycles. The summed E-state index contributed by atoms with van der Waals surface area (Å²) in [5.74, 6) is -0.447. The Morgan fingerprint density at radius 1 is 1.18 bits per heavy atom. The standard InChI is InChI=1S/C22H19ClN4O/c1-14-8-15(2)21(16(3)9-14)26-22(28)18(11-24)10-17-12-25-27(13-17)20-6-4-19(23)5-7-20/h4-10,12-13H,1-3H3,(H,26,28). The quantitative estimate of drug-likeness (QED) is 0.503. The minimum absolute atomic E-state index is 0.00929. The fraction of sp³-hybridized carbons (Fsp3) is 0.136. The molecular weight excluding hydrogens is 372 g/mol. The smallest absolute Gasteiger partial charge is 0.266 e. The number of aromatic nitrogens is 2. The molecule has 1 N–H and O–H groups in total. The molecule has 1 amide bonds. The van der Waals surface area contributed by atoms with Crippen molar-refractivity contribution in [3.05, 3.63) is 81.6 Å². The van der Waals surface area contributed by atoms with Crippen LogP contribution < -0.4 is 5.32 Å². The van der Waals surface area contributed by atoms with Crippen LogP contribution in [-0.2, 0) is 4.79 Å². The normalized spacial score (nSPS) is 11.2. The van der Waals surface area contributed by atoms with E-state index in [1.165, 1.54) is 6.08 Å². The molecule has 0 radical (unpaired) electrons. The van der Waals surface area contributed by atoms with Crippen LogP contribution in [0.2, 0.25) is 5.02 Å². The summed E-state index contributed by atoms with van der Waals surface area (Å²) in [6.07, 6.45) is 4.87. The van der Waals surface area contributed by atoms with Crippen molar-refractivity contribution in [3.8, 4) is 11.8 Å². The van der Waals surface area contributed by atoms with Gasteiger partial charge in [-0.3, -0.25) is 4.79 Å². The number of hydrogen-bond acceptors (Lipinski definition) is 3. The molecule has 1 heterocycles. The highest BCUT2D eigenvalue weighted by Gasteiger charge is 2.13. The van der Waals surface area contributed by atoms with Gasteiger partial charge in [0.15, 0.2) is 0 Å². The van der Waals surface area contributed by atoms with Gasteiger partial charge < -0.3 is 5.32 Å². The van der Waals surface area contributed by atoms with Gasteiger partial charge in [-0.1, -0.05) is 29.3 Å². The van der Waals surface area contributed by atoms with E-state index >= 15 is 0 Å². The first-order valence-electron chi connectivity index (χ1n) is 8.69. The van der Waals surface area contributed by atoms with Crippen molar-refractivity contribution < 1.29 is 4.79 Å². The van der Waals surface area contributed by atoms with Crippen molar-refractivity contribution in [3.63, 3.8) is 0 Å². The summed E-state index contributed by atoms with van der Waals surface area (Å²) < 4.78 is 1.66. The van der Waals surface area contributed by atoms with E-state index in [0.717, 1.165) is 28.1 Å². The molecular formula is C22H19ClN4O. The van der Waals surface area contributed by atoms with Crippen LogP contribution in [0.4, 0.5) is 5.69 Å². The zero-order valence-electron chi connectivity index (χ0n) is 15.8. The van der Waals surface area contributed by atoms with E-state index in [9.17, 15) is 10.1 Å². The van der Waals surface area contributed by atoms with Crippen molar-refractivity contribution in [2.45, 2.75) is 20.8 Å². The highest BCUT2D eigenvalue weighted by molar-refractivity contribution is 6.30. The van der Waals surface area contributed by atoms with Gasteiger partial charge in [-0.05, 0) is 62.2 Å². The van der Waals surface area contributed by atoms with Crippen LogP contribution >= 0.6 is 11.6 Å². The molecule has 0 aliphatic carbocycles. The number of hydrogen-bond donors (Lipinski definition) is 1. The van der Waals surface area contributed by atoms with Crippen molar-refractivity contribution >= 4 is 29.3 Å². The van der Waals surface area contributed by atoms with Crippen LogP contribution in [-0.4, -0.2) is 15.7 Å². The van der Waals surface area contributed by atoms with Gasteiger partial charge in [-0.2, -0.15) is 10.4 Å². The van der Waals surface area contributed by atoms with E-state index in [-0.39, 0.29) is 5.57 Å². The molecule has 6 heteroatoms. The highest BCUT2D eigenvalue weighted by Crippen LogP contribution is 2.23. The Morgan fingerprint density at radius 3 is 2.43 bits per heavy atom. The lowest BCUT2D eigenvalue weighted by atomic mass is 10.0. The third-order valence-electron chi connectivity index (χ3n) is 4.29. The number of nitrogens with zero attached hydrogens (tertiary/aromatic N) is 3. The predicted octanol–water partition coefficient (Wildman–Crippen LogP) is 5.00. The molecule has 2 aromatic carbocycles. The molecule has 3 rings (SSSR count). The average molecular weight is 391 g/mol. The maximum absolute atomic E-state index is 12.6. The molecule has 0 spiro atoms. The second-order valence-electron chi connectivity index (χ2n) is 6.59. The van der Waals surface area contributed by atoms with Crippen LogP contribution in [0.3, 0.4) is 0 Å². The number of nitriles is 1. The van der Waals surface area contributed by atoms with E-state index < -0.39 is 5.91 Å². The summed E-state index contributed by atoms with van der Waals surface area (Å²) in [4.78, 5) is 12.6. The Labute approximate surface area is 168 Å². The van der Waals surface area contributed by atoms with Crippen LogP contribution in [0.1, 0.15) is 22.3 Å². The summed E-state index contributed by atoms with van der Waals surface area (Å²) >= 11 is 5.90. The lowest BCUT2D eigenvalue weighted by molar-refractivity contribution is -0.112. The summed E-state index contributed by atoms with van der Waals surface area (Å²) in [5.41, 5.74) is 5.26. The number of carbonyl (C=O) groups excluding carboxylic acids is 1. The zero-order valence-corrected chi connectivity index (χ0v) is 16.6. The van der Waals surface area contributed by atoms with Gasteiger partial charge in [0.1, 0.15) is 11.6 Å². The van der Waals surface area contributed by atoms with Gasteiger partial charge in [0.05, 0.1) is 11.9 Å². The monoisotopic (exact) mass is 390 g/mol. The molecule has 0 saturated heterocycles. The van der Waals surface area contributed by atoms with Gasteiger partial charge in [-0.15, -0.1) is 0 Å². The predicted molar refractivity (Wildman–Crippen MR) is 111 cm³/mol. The lowest BCUT2D eigenvalue weighted by Crippen LogP contribution is -2.15. The fourth-order valence-corrected chi connectivity index (χ4v) is 3.15. The van der Waals surface area contributed by atoms with Crippen molar-refractivity contribution in [1.82, 2.24) is 9.78 Å². The molecule has 1 aromatic heterocycles. The van der Waals surface area contributed by atoms with Crippen LogP contribution in [0.5, 0.6) is 0 Å². The maximum atomic E-state index is 12.6. The van der Waals surface area contributed by atoms with Gasteiger partial charge in [0, 0.05) is 22.5 Å². The van der Waals surface area contributed by atoms with Crippen LogP contribution in [0.15, 0.2) is 54.4 Å². The number of amides is 1. The first kappa shape index (κ1) is 19.4. The average Bonchev–Trinajstić information content (AvgIpc) is 3.11. The van der Waals surface area contributed by atoms with Crippen LogP contribution in [0, 0.1) is 32.1 Å². The number of carbonyl (C=O) groups is 1. The number of benzene rings is 2. The van der Waals surface area contributed by atoms with Crippen LogP contribution in [0.25, 0.3) is 11.8 Å². The lowest BCUT2D eigenvalue weighted by Gasteiger charge is -2.12. The highest BCUT2D eigenvalue weighted by atomic mass is 35.5. The Balaban J connectivity index is 1.84. The first-order chi connectivity index (χ1) is 13.4. The molecule has 0 bridgehead atoms. The fourth-order valence-electron chi connectivity index (χ4n) is 3.02. The minimum atomic E-state index is -0.447. The Hall–Kier alpha value is -3.36. The van der Waals surface area contributed by atoms with Crippen molar-refractivity contribution in [2.24, 2.45) is 0 Å². The van der Waals surface area contributed by atoms with Gasteiger partial charge in [0.2, 0.25) is 0 Å². The first-order valence-corrected chi connectivity index (χ1v) is 9.07. The summed E-state index contributed by atoms with van der Waals surface area (Å²) in [5, 5.41) is 17.2. The van der Waals surface area contributed by atoms with E-state index in [1.807, 2.05) is 51.1 Å². The van der Waals surface area contributed by atoms with Crippen molar-refractivity contribution in [2.75, 3.05) is 5.32 Å². The minimum Gasteiger partial charge on any atom is -0.321 e. The molecule has 0 aliphatic rings. The van der Waals surface area contributed by atoms with Gasteiger partial charge >= 0.3 is 0 Å². The Bertz CT molecular complexity index is 1080. The van der Waals surface area contributed by atoms with E-state index in [4.69, 9.17) is 11.6 Å². The molecule has 0 fully saturated rings. The molecule has 3 aromatic rings. The Kier molecular flexibility index (Phi) is 5.62. The second kappa shape index (κ2) is 8.12. The van der Waals surface area contributed by atoms with Crippen molar-refractivity contribution in [1.29, 1.82) is 5.26 Å². The zero-order chi connectivity index (χ0) is 20.3. The van der Waals surface area contributed by atoms with Gasteiger partial charge in [0.25, 0.3) is 5.91 Å². The van der Waals surface area contributed by atoms with E-state index in [1.54, 1.807) is 29.2 Å². The Morgan fingerprint density at radius 2 is 1.82 bits per heavy atom. The second-order valence-corrected chi connectivity index (χ2v) is 7.03. The number of nitrogens with one attached hydrogen (secondary N) is 1. The largest absolute Gasteiger partial charge is 0.321 e. The molecule has 0 atom stereocenters.